The van der Waals surface area contributed by atoms with Crippen LogP contribution in [-0.4, -0.2) is 41.9 Å². The Morgan fingerprint density at radius 2 is 2.00 bits per heavy atom. The molecule has 25 heavy (non-hydrogen) atoms. The van der Waals surface area contributed by atoms with Gasteiger partial charge in [0.2, 0.25) is 0 Å². The molecule has 0 aliphatic rings. The van der Waals surface area contributed by atoms with Crippen molar-refractivity contribution in [2.24, 2.45) is 0 Å². The van der Waals surface area contributed by atoms with Gasteiger partial charge in [0.05, 0.1) is 18.7 Å². The average molecular weight is 351 g/mol. The molecule has 9 nitrogen and oxygen atoms in total. The van der Waals surface area contributed by atoms with Crippen LogP contribution in [0.1, 0.15) is 31.3 Å². The van der Waals surface area contributed by atoms with Crippen molar-refractivity contribution in [2.75, 3.05) is 19.7 Å². The fourth-order valence-electron chi connectivity index (χ4n) is 2.36. The SMILES string of the molecule is CCOC(=O)NC(=O)C[NH+](CC)Cc1nnc(-c2cc(C)oc2C)o1. The number of aromatic nitrogens is 2. The summed E-state index contributed by atoms with van der Waals surface area (Å²) in [5, 5.41) is 10.2. The van der Waals surface area contributed by atoms with Gasteiger partial charge in [-0.15, -0.1) is 10.2 Å². The van der Waals surface area contributed by atoms with E-state index in [9.17, 15) is 9.59 Å². The van der Waals surface area contributed by atoms with Crippen molar-refractivity contribution in [1.82, 2.24) is 15.5 Å². The van der Waals surface area contributed by atoms with Gasteiger partial charge in [0.15, 0.2) is 13.1 Å². The number of furan rings is 1. The van der Waals surface area contributed by atoms with Gasteiger partial charge in [0.25, 0.3) is 17.7 Å². The van der Waals surface area contributed by atoms with Crippen LogP contribution < -0.4 is 10.2 Å². The number of aryl methyl sites for hydroxylation is 2. The summed E-state index contributed by atoms with van der Waals surface area (Å²) in [7, 11) is 0. The minimum absolute atomic E-state index is 0.0941. The van der Waals surface area contributed by atoms with E-state index in [1.807, 2.05) is 26.8 Å². The van der Waals surface area contributed by atoms with E-state index in [1.165, 1.54) is 0 Å². The Bertz CT molecular complexity index is 737. The Hall–Kier alpha value is -2.68. The molecule has 1 atom stereocenters. The lowest BCUT2D eigenvalue weighted by atomic mass is 10.2. The lowest BCUT2D eigenvalue weighted by molar-refractivity contribution is -0.905. The molecule has 136 valence electrons. The van der Waals surface area contributed by atoms with Crippen molar-refractivity contribution in [3.05, 3.63) is 23.5 Å². The molecule has 2 heterocycles. The highest BCUT2D eigenvalue weighted by molar-refractivity contribution is 5.92. The minimum atomic E-state index is -0.742. The summed E-state index contributed by atoms with van der Waals surface area (Å²) >= 11 is 0. The highest BCUT2D eigenvalue weighted by Gasteiger charge is 2.20. The van der Waals surface area contributed by atoms with E-state index >= 15 is 0 Å². The number of nitrogens with one attached hydrogen (secondary N) is 2. The molecule has 2 N–H and O–H groups in total. The van der Waals surface area contributed by atoms with Crippen LogP contribution in [-0.2, 0) is 16.1 Å². The first kappa shape index (κ1) is 18.7. The molecule has 9 heteroatoms. The van der Waals surface area contributed by atoms with E-state index in [4.69, 9.17) is 8.83 Å². The maximum atomic E-state index is 11.9. The minimum Gasteiger partial charge on any atom is -0.466 e. The highest BCUT2D eigenvalue weighted by atomic mass is 16.5. The van der Waals surface area contributed by atoms with Crippen LogP contribution in [0.4, 0.5) is 4.79 Å². The van der Waals surface area contributed by atoms with E-state index in [0.29, 0.717) is 30.6 Å². The van der Waals surface area contributed by atoms with Crippen LogP contribution >= 0.6 is 0 Å². The molecule has 0 bridgehead atoms. The predicted octanol–water partition coefficient (Wildman–Crippen LogP) is 0.624. The molecule has 1 unspecified atom stereocenters. The molecule has 0 spiro atoms. The highest BCUT2D eigenvalue weighted by Crippen LogP contribution is 2.25. The number of carbonyl (C=O) groups excluding carboxylic acids is 2. The fraction of sp³-hybridized carbons (Fsp3) is 0.500. The van der Waals surface area contributed by atoms with Crippen LogP contribution in [0.5, 0.6) is 0 Å². The van der Waals surface area contributed by atoms with Gasteiger partial charge in [-0.25, -0.2) is 4.79 Å². The van der Waals surface area contributed by atoms with Gasteiger partial charge < -0.3 is 18.5 Å². The maximum absolute atomic E-state index is 11.9. The van der Waals surface area contributed by atoms with E-state index in [-0.39, 0.29) is 13.2 Å². The molecule has 0 aliphatic heterocycles. The van der Waals surface area contributed by atoms with Crippen LogP contribution in [0.25, 0.3) is 11.5 Å². The molecule has 0 aromatic carbocycles. The topological polar surface area (TPSA) is 112 Å². The zero-order valence-corrected chi connectivity index (χ0v) is 14.8. The molecule has 2 rings (SSSR count). The van der Waals surface area contributed by atoms with Gasteiger partial charge in [-0.3, -0.25) is 10.1 Å². The largest absolute Gasteiger partial charge is 0.466 e. The van der Waals surface area contributed by atoms with Gasteiger partial charge in [-0.1, -0.05) is 0 Å². The quantitative estimate of drug-likeness (QED) is 0.752. The summed E-state index contributed by atoms with van der Waals surface area (Å²) in [4.78, 5) is 24.0. The number of carbonyl (C=O) groups is 2. The van der Waals surface area contributed by atoms with Crippen LogP contribution in [0.3, 0.4) is 0 Å². The number of nitrogens with zero attached hydrogens (tertiary/aromatic N) is 2. The second kappa shape index (κ2) is 8.43. The maximum Gasteiger partial charge on any atom is 0.414 e. The molecular weight excluding hydrogens is 328 g/mol. The lowest BCUT2D eigenvalue weighted by Crippen LogP contribution is -3.11. The fourth-order valence-corrected chi connectivity index (χ4v) is 2.36. The molecule has 0 saturated carbocycles. The molecule has 0 fully saturated rings. The second-order valence-corrected chi connectivity index (χ2v) is 5.55. The lowest BCUT2D eigenvalue weighted by Gasteiger charge is -2.14. The Kier molecular flexibility index (Phi) is 6.29. The smallest absolute Gasteiger partial charge is 0.414 e. The predicted molar refractivity (Wildman–Crippen MR) is 86.7 cm³/mol. The summed E-state index contributed by atoms with van der Waals surface area (Å²) in [5.74, 6) is 1.85. The third-order valence-electron chi connectivity index (χ3n) is 3.57. The number of hydrogen-bond donors (Lipinski definition) is 2. The monoisotopic (exact) mass is 351 g/mol. The molecule has 0 radical (unpaired) electrons. The Balaban J connectivity index is 1.96. The first-order valence-corrected chi connectivity index (χ1v) is 8.12. The number of alkyl carbamates (subject to hydrolysis) is 1. The molecular formula is C16H23N4O5+. The number of ether oxygens (including phenoxy) is 1. The average Bonchev–Trinajstić information content (AvgIpc) is 3.12. The Labute approximate surface area is 145 Å². The number of amides is 2. The molecule has 2 aromatic heterocycles. The first-order valence-electron chi connectivity index (χ1n) is 8.12. The van der Waals surface area contributed by atoms with Gasteiger partial charge in [0.1, 0.15) is 11.5 Å². The summed E-state index contributed by atoms with van der Waals surface area (Å²) < 4.78 is 15.8. The third kappa shape index (κ3) is 5.15. The molecule has 0 aliphatic carbocycles. The van der Waals surface area contributed by atoms with Crippen molar-refractivity contribution in [1.29, 1.82) is 0 Å². The second-order valence-electron chi connectivity index (χ2n) is 5.55. The van der Waals surface area contributed by atoms with E-state index in [0.717, 1.165) is 16.2 Å². The van der Waals surface area contributed by atoms with E-state index in [2.05, 4.69) is 20.3 Å². The summed E-state index contributed by atoms with van der Waals surface area (Å²) in [5.41, 5.74) is 0.759. The number of quaternary nitrogens is 1. The van der Waals surface area contributed by atoms with Gasteiger partial charge in [-0.05, 0) is 33.8 Å². The van der Waals surface area contributed by atoms with E-state index < -0.39 is 12.0 Å². The van der Waals surface area contributed by atoms with Gasteiger partial charge >= 0.3 is 6.09 Å². The normalized spacial score (nSPS) is 12.0. The molecule has 2 amide bonds. The van der Waals surface area contributed by atoms with Gasteiger partial charge in [-0.2, -0.15) is 0 Å². The third-order valence-corrected chi connectivity index (χ3v) is 3.57. The van der Waals surface area contributed by atoms with Crippen molar-refractivity contribution in [3.8, 4) is 11.5 Å². The molecule has 0 saturated heterocycles. The Morgan fingerprint density at radius 1 is 1.24 bits per heavy atom. The van der Waals surface area contributed by atoms with Crippen LogP contribution in [0, 0.1) is 13.8 Å². The van der Waals surface area contributed by atoms with Crippen LogP contribution in [0.2, 0.25) is 0 Å². The number of hydrogen-bond acceptors (Lipinski definition) is 7. The summed E-state index contributed by atoms with van der Waals surface area (Å²) in [6.45, 7) is 8.59. The first-order chi connectivity index (χ1) is 11.9. The zero-order chi connectivity index (χ0) is 18.4. The summed E-state index contributed by atoms with van der Waals surface area (Å²) in [6, 6.07) is 1.84. The van der Waals surface area contributed by atoms with Crippen molar-refractivity contribution < 1.29 is 28.1 Å². The van der Waals surface area contributed by atoms with Crippen LogP contribution in [0.15, 0.2) is 14.9 Å². The molecule has 2 aromatic rings. The number of rotatable bonds is 7. The Morgan fingerprint density at radius 3 is 2.60 bits per heavy atom. The van der Waals surface area contributed by atoms with Crippen molar-refractivity contribution in [2.45, 2.75) is 34.2 Å². The zero-order valence-electron chi connectivity index (χ0n) is 14.8. The van der Waals surface area contributed by atoms with Gasteiger partial charge in [0, 0.05) is 0 Å². The standard InChI is InChI=1S/C16H22N4O5/c1-5-20(8-13(21)17-16(22)23-6-2)9-14-18-19-15(25-14)12-7-10(3)24-11(12)4/h7H,5-6,8-9H2,1-4H3,(H,17,21,22)/p+1. The number of imide groups is 1. The van der Waals surface area contributed by atoms with Crippen molar-refractivity contribution in [3.63, 3.8) is 0 Å². The number of likely N-dealkylation sites (N-methyl/N-ethyl adjacent to an activating group) is 1. The van der Waals surface area contributed by atoms with Crippen molar-refractivity contribution >= 4 is 12.0 Å². The summed E-state index contributed by atoms with van der Waals surface area (Å²) in [6.07, 6.45) is -0.742. The van der Waals surface area contributed by atoms with E-state index in [1.54, 1.807) is 6.92 Å².